The van der Waals surface area contributed by atoms with Gasteiger partial charge in [-0.3, -0.25) is 9.59 Å². The van der Waals surface area contributed by atoms with Gasteiger partial charge in [-0.2, -0.15) is 0 Å². The summed E-state index contributed by atoms with van der Waals surface area (Å²) in [6.45, 7) is 3.85. The summed E-state index contributed by atoms with van der Waals surface area (Å²) in [6.07, 6.45) is 4.94. The average Bonchev–Trinajstić information content (AvgIpc) is 2.85. The second-order valence-corrected chi connectivity index (χ2v) is 9.66. The highest BCUT2D eigenvalue weighted by Crippen LogP contribution is 2.36. The lowest BCUT2D eigenvalue weighted by Gasteiger charge is -2.36. The van der Waals surface area contributed by atoms with Crippen molar-refractivity contribution in [1.29, 1.82) is 0 Å². The van der Waals surface area contributed by atoms with E-state index in [9.17, 15) is 18.4 Å². The number of benzene rings is 1. The van der Waals surface area contributed by atoms with Gasteiger partial charge in [-0.05, 0) is 25.0 Å². The molecule has 0 bridgehead atoms. The topological polar surface area (TPSA) is 75.6 Å². The molecule has 2 aliphatic heterocycles. The fraction of sp³-hybridized carbons (Fsp3) is 0.538. The van der Waals surface area contributed by atoms with Crippen LogP contribution < -0.4 is 9.64 Å². The highest BCUT2D eigenvalue weighted by Gasteiger charge is 2.34. The van der Waals surface area contributed by atoms with Crippen molar-refractivity contribution in [3.63, 3.8) is 0 Å². The van der Waals surface area contributed by atoms with Gasteiger partial charge >= 0.3 is 0 Å². The van der Waals surface area contributed by atoms with Crippen molar-refractivity contribution in [1.82, 2.24) is 14.9 Å². The first kappa shape index (κ1) is 23.6. The van der Waals surface area contributed by atoms with E-state index in [1.807, 2.05) is 0 Å². The molecule has 1 atom stereocenters. The number of halogens is 2. The number of ketones is 1. The SMILES string of the molecule is CC(=O)N1CCc2nc(N3CCC(Oc4ccc(F)cc4F)CC3)c(C3CCCCC3=O)nc2C1. The van der Waals surface area contributed by atoms with E-state index in [1.165, 1.54) is 12.1 Å². The Morgan fingerprint density at radius 3 is 2.54 bits per heavy atom. The summed E-state index contributed by atoms with van der Waals surface area (Å²) in [6, 6.07) is 3.34. The molecule has 1 aromatic heterocycles. The molecule has 2 aromatic rings. The van der Waals surface area contributed by atoms with E-state index in [1.54, 1.807) is 11.8 Å². The van der Waals surface area contributed by atoms with Crippen LogP contribution >= 0.6 is 0 Å². The van der Waals surface area contributed by atoms with E-state index in [0.29, 0.717) is 51.9 Å². The van der Waals surface area contributed by atoms with Crippen molar-refractivity contribution in [3.8, 4) is 5.75 Å². The molecule has 186 valence electrons. The lowest BCUT2D eigenvalue weighted by molar-refractivity contribution is -0.129. The number of Topliss-reactive ketones (excluding diaryl/α,β-unsaturated/α-hetero) is 1. The third kappa shape index (κ3) is 4.99. The smallest absolute Gasteiger partial charge is 0.219 e. The summed E-state index contributed by atoms with van der Waals surface area (Å²) < 4.78 is 33.1. The zero-order valence-electron chi connectivity index (χ0n) is 19.9. The molecule has 1 saturated heterocycles. The molecule has 9 heteroatoms. The lowest BCUT2D eigenvalue weighted by Crippen LogP contribution is -2.41. The number of carbonyl (C=O) groups excluding carboxylic acids is 2. The number of fused-ring (bicyclic) bond motifs is 1. The number of nitrogens with zero attached hydrogens (tertiary/aromatic N) is 4. The summed E-state index contributed by atoms with van der Waals surface area (Å²) >= 11 is 0. The van der Waals surface area contributed by atoms with Crippen LogP contribution in [0.3, 0.4) is 0 Å². The third-order valence-corrected chi connectivity index (χ3v) is 7.28. The summed E-state index contributed by atoms with van der Waals surface area (Å²) in [7, 11) is 0. The second-order valence-electron chi connectivity index (χ2n) is 9.66. The molecular weight excluding hydrogens is 454 g/mol. The Hall–Kier alpha value is -3.10. The maximum atomic E-state index is 14.0. The first-order valence-electron chi connectivity index (χ1n) is 12.4. The van der Waals surface area contributed by atoms with E-state index in [2.05, 4.69) is 4.90 Å². The Balaban J connectivity index is 1.37. The average molecular weight is 485 g/mol. The standard InChI is InChI=1S/C26H30F2N4O3/c1-16(33)32-13-10-21-22(15-32)29-25(19-4-2-3-5-23(19)34)26(30-21)31-11-8-18(9-12-31)35-24-7-6-17(27)14-20(24)28/h6-7,14,18-19H,2-5,8-13,15H2,1H3. The predicted octanol–water partition coefficient (Wildman–Crippen LogP) is 3.93. The number of amides is 1. The van der Waals surface area contributed by atoms with Gasteiger partial charge < -0.3 is 14.5 Å². The number of ether oxygens (including phenoxy) is 1. The molecule has 1 unspecified atom stereocenters. The summed E-state index contributed by atoms with van der Waals surface area (Å²) in [5, 5.41) is 0. The Labute approximate surface area is 203 Å². The van der Waals surface area contributed by atoms with Gasteiger partial charge in [0.15, 0.2) is 17.4 Å². The third-order valence-electron chi connectivity index (χ3n) is 7.28. The van der Waals surface area contributed by atoms with Gasteiger partial charge in [0.1, 0.15) is 17.7 Å². The molecule has 7 nitrogen and oxygen atoms in total. The number of aromatic nitrogens is 2. The maximum absolute atomic E-state index is 14.0. The van der Waals surface area contributed by atoms with Gasteiger partial charge in [0.25, 0.3) is 0 Å². The second kappa shape index (κ2) is 9.87. The zero-order chi connectivity index (χ0) is 24.5. The van der Waals surface area contributed by atoms with Crippen LogP contribution in [-0.2, 0) is 22.6 Å². The first-order valence-corrected chi connectivity index (χ1v) is 12.4. The van der Waals surface area contributed by atoms with Crippen LogP contribution in [-0.4, -0.2) is 52.3 Å². The molecule has 0 N–H and O–H groups in total. The summed E-state index contributed by atoms with van der Waals surface area (Å²) in [5.41, 5.74) is 2.40. The van der Waals surface area contributed by atoms with Gasteiger partial charge in [0, 0.05) is 58.3 Å². The molecule has 1 aromatic carbocycles. The van der Waals surface area contributed by atoms with E-state index in [0.717, 1.165) is 48.2 Å². The molecule has 0 spiro atoms. The first-order chi connectivity index (χ1) is 16.9. The molecule has 0 radical (unpaired) electrons. The van der Waals surface area contributed by atoms with E-state index in [-0.39, 0.29) is 29.5 Å². The van der Waals surface area contributed by atoms with Crippen molar-refractivity contribution in [2.75, 3.05) is 24.5 Å². The van der Waals surface area contributed by atoms with E-state index >= 15 is 0 Å². The molecular formula is C26H30F2N4O3. The molecule has 35 heavy (non-hydrogen) atoms. The quantitative estimate of drug-likeness (QED) is 0.655. The Morgan fingerprint density at radius 2 is 1.83 bits per heavy atom. The van der Waals surface area contributed by atoms with Crippen LogP contribution in [0.2, 0.25) is 0 Å². The normalized spacial score (nSPS) is 21.1. The lowest BCUT2D eigenvalue weighted by atomic mass is 9.85. The van der Waals surface area contributed by atoms with Crippen LogP contribution in [0.1, 0.15) is 68.4 Å². The fourth-order valence-electron chi connectivity index (χ4n) is 5.28. The number of hydrogen-bond donors (Lipinski definition) is 0. The number of hydrogen-bond acceptors (Lipinski definition) is 6. The Bertz CT molecular complexity index is 1130. The minimum atomic E-state index is -0.703. The van der Waals surface area contributed by atoms with Gasteiger partial charge in [0.05, 0.1) is 29.5 Å². The van der Waals surface area contributed by atoms with E-state index < -0.39 is 11.6 Å². The van der Waals surface area contributed by atoms with Gasteiger partial charge in [0.2, 0.25) is 5.91 Å². The summed E-state index contributed by atoms with van der Waals surface area (Å²) in [4.78, 5) is 38.7. The highest BCUT2D eigenvalue weighted by atomic mass is 19.1. The van der Waals surface area contributed by atoms with Gasteiger partial charge in [-0.1, -0.05) is 6.42 Å². The van der Waals surface area contributed by atoms with Crippen LogP contribution in [0.5, 0.6) is 5.75 Å². The van der Waals surface area contributed by atoms with Crippen LogP contribution in [0, 0.1) is 11.6 Å². The number of rotatable bonds is 4. The van der Waals surface area contributed by atoms with Crippen LogP contribution in [0.4, 0.5) is 14.6 Å². The highest BCUT2D eigenvalue weighted by molar-refractivity contribution is 5.87. The van der Waals surface area contributed by atoms with Gasteiger partial charge in [-0.15, -0.1) is 0 Å². The van der Waals surface area contributed by atoms with Crippen LogP contribution in [0.15, 0.2) is 18.2 Å². The van der Waals surface area contributed by atoms with Gasteiger partial charge in [-0.25, -0.2) is 18.7 Å². The maximum Gasteiger partial charge on any atom is 0.219 e. The van der Waals surface area contributed by atoms with Crippen molar-refractivity contribution >= 4 is 17.5 Å². The molecule has 2 fully saturated rings. The summed E-state index contributed by atoms with van der Waals surface area (Å²) in [5.74, 6) is -0.579. The minimum absolute atomic E-state index is 0.0106. The zero-order valence-corrected chi connectivity index (χ0v) is 19.9. The molecule has 1 aliphatic carbocycles. The van der Waals surface area contributed by atoms with Crippen molar-refractivity contribution in [2.45, 2.75) is 70.4 Å². The number of anilines is 1. The van der Waals surface area contributed by atoms with Crippen LogP contribution in [0.25, 0.3) is 0 Å². The Kier molecular flexibility index (Phi) is 6.67. The Morgan fingerprint density at radius 1 is 1.03 bits per heavy atom. The number of piperidine rings is 1. The largest absolute Gasteiger partial charge is 0.487 e. The van der Waals surface area contributed by atoms with E-state index in [4.69, 9.17) is 14.7 Å². The fourth-order valence-corrected chi connectivity index (χ4v) is 5.28. The molecule has 5 rings (SSSR count). The molecule has 3 aliphatic rings. The van der Waals surface area contributed by atoms with Crippen molar-refractivity contribution in [2.24, 2.45) is 0 Å². The molecule has 1 amide bonds. The predicted molar refractivity (Wildman–Crippen MR) is 125 cm³/mol. The monoisotopic (exact) mass is 484 g/mol. The molecule has 1 saturated carbocycles. The number of carbonyl (C=O) groups is 2. The van der Waals surface area contributed by atoms with Crippen molar-refractivity contribution < 1.29 is 23.1 Å². The minimum Gasteiger partial charge on any atom is -0.487 e. The molecule has 3 heterocycles. The van der Waals surface area contributed by atoms with Crippen molar-refractivity contribution in [3.05, 3.63) is 46.9 Å².